The smallest absolute Gasteiger partial charge is 0.393 e. The number of rotatable bonds is 2. The molecule has 1 aliphatic carbocycles. The average molecular weight is 284 g/mol. The molecule has 0 spiro atoms. The molecule has 0 aromatic heterocycles. The lowest BCUT2D eigenvalue weighted by Gasteiger charge is -2.27. The SMILES string of the molecule is N#Cc1c(NC2CCC(O)CC2)cccc1C(F)(F)F. The number of hydrogen-bond acceptors (Lipinski definition) is 3. The number of anilines is 1. The van der Waals surface area contributed by atoms with Gasteiger partial charge in [-0.25, -0.2) is 0 Å². The molecule has 3 nitrogen and oxygen atoms in total. The molecule has 20 heavy (non-hydrogen) atoms. The Kier molecular flexibility index (Phi) is 4.19. The Hall–Kier alpha value is -1.74. The number of nitrogens with zero attached hydrogens (tertiary/aromatic N) is 1. The third-order valence-corrected chi connectivity index (χ3v) is 3.54. The van der Waals surface area contributed by atoms with Gasteiger partial charge in [-0.3, -0.25) is 0 Å². The zero-order valence-corrected chi connectivity index (χ0v) is 10.7. The fourth-order valence-corrected chi connectivity index (χ4v) is 2.47. The van der Waals surface area contributed by atoms with Gasteiger partial charge in [0.2, 0.25) is 0 Å². The standard InChI is InChI=1S/C14H15F3N2O/c15-14(16,17)12-2-1-3-13(11(12)8-18)19-9-4-6-10(20)7-5-9/h1-3,9-10,19-20H,4-7H2. The van der Waals surface area contributed by atoms with Crippen molar-refractivity contribution >= 4 is 5.69 Å². The normalized spacial score (nSPS) is 23.1. The van der Waals surface area contributed by atoms with Crippen LogP contribution in [0.2, 0.25) is 0 Å². The van der Waals surface area contributed by atoms with Gasteiger partial charge in [0, 0.05) is 6.04 Å². The van der Waals surface area contributed by atoms with Gasteiger partial charge in [-0.15, -0.1) is 0 Å². The second kappa shape index (κ2) is 5.71. The average Bonchev–Trinajstić information content (AvgIpc) is 2.40. The molecular formula is C14H15F3N2O. The maximum atomic E-state index is 12.8. The summed E-state index contributed by atoms with van der Waals surface area (Å²) in [6.07, 6.45) is -2.25. The molecule has 1 aromatic carbocycles. The van der Waals surface area contributed by atoms with Crippen LogP contribution >= 0.6 is 0 Å². The van der Waals surface area contributed by atoms with Gasteiger partial charge < -0.3 is 10.4 Å². The van der Waals surface area contributed by atoms with E-state index in [0.717, 1.165) is 6.07 Å². The van der Waals surface area contributed by atoms with Crippen LogP contribution in [-0.2, 0) is 6.18 Å². The highest BCUT2D eigenvalue weighted by atomic mass is 19.4. The van der Waals surface area contributed by atoms with Gasteiger partial charge in [-0.2, -0.15) is 18.4 Å². The Morgan fingerprint density at radius 3 is 2.40 bits per heavy atom. The fraction of sp³-hybridized carbons (Fsp3) is 0.500. The van der Waals surface area contributed by atoms with Gasteiger partial charge in [0.25, 0.3) is 0 Å². The van der Waals surface area contributed by atoms with Gasteiger partial charge in [-0.1, -0.05) is 6.07 Å². The van der Waals surface area contributed by atoms with E-state index in [-0.39, 0.29) is 23.4 Å². The van der Waals surface area contributed by atoms with Gasteiger partial charge in [0.15, 0.2) is 0 Å². The van der Waals surface area contributed by atoms with Crippen LogP contribution in [0.4, 0.5) is 18.9 Å². The van der Waals surface area contributed by atoms with Crippen molar-refractivity contribution in [2.45, 2.75) is 44.0 Å². The first-order chi connectivity index (χ1) is 9.41. The minimum atomic E-state index is -4.54. The van der Waals surface area contributed by atoms with E-state index in [1.807, 2.05) is 0 Å². The lowest BCUT2D eigenvalue weighted by molar-refractivity contribution is -0.137. The number of halogens is 3. The van der Waals surface area contributed by atoms with Crippen molar-refractivity contribution in [2.24, 2.45) is 0 Å². The maximum Gasteiger partial charge on any atom is 0.417 e. The highest BCUT2D eigenvalue weighted by Crippen LogP contribution is 2.35. The minimum absolute atomic E-state index is 0.00557. The fourth-order valence-electron chi connectivity index (χ4n) is 2.47. The molecule has 0 atom stereocenters. The molecule has 0 bridgehead atoms. The second-order valence-corrected chi connectivity index (χ2v) is 4.99. The Morgan fingerprint density at radius 2 is 1.85 bits per heavy atom. The first-order valence-electron chi connectivity index (χ1n) is 6.46. The van der Waals surface area contributed by atoms with Crippen molar-refractivity contribution in [1.82, 2.24) is 0 Å². The van der Waals surface area contributed by atoms with Crippen LogP contribution < -0.4 is 5.32 Å². The molecule has 0 saturated heterocycles. The van der Waals surface area contributed by atoms with Crippen LogP contribution in [0.5, 0.6) is 0 Å². The molecule has 2 N–H and O–H groups in total. The van der Waals surface area contributed by atoms with Crippen molar-refractivity contribution < 1.29 is 18.3 Å². The third kappa shape index (κ3) is 3.23. The first-order valence-corrected chi connectivity index (χ1v) is 6.46. The van der Waals surface area contributed by atoms with Gasteiger partial charge >= 0.3 is 6.18 Å². The third-order valence-electron chi connectivity index (χ3n) is 3.54. The summed E-state index contributed by atoms with van der Waals surface area (Å²) in [5.41, 5.74) is -1.07. The molecule has 0 radical (unpaired) electrons. The molecule has 0 amide bonds. The molecule has 0 heterocycles. The van der Waals surface area contributed by atoms with Crippen LogP contribution in [0.15, 0.2) is 18.2 Å². The molecule has 0 unspecified atom stereocenters. The van der Waals surface area contributed by atoms with E-state index in [4.69, 9.17) is 5.26 Å². The summed E-state index contributed by atoms with van der Waals surface area (Å²) in [6, 6.07) is 5.32. The Labute approximate surface area is 115 Å². The van der Waals surface area contributed by atoms with Gasteiger partial charge in [0.05, 0.1) is 22.9 Å². The van der Waals surface area contributed by atoms with Crippen LogP contribution in [-0.4, -0.2) is 17.3 Å². The van der Waals surface area contributed by atoms with Crippen molar-refractivity contribution in [2.75, 3.05) is 5.32 Å². The quantitative estimate of drug-likeness (QED) is 0.876. The summed E-state index contributed by atoms with van der Waals surface area (Å²) in [7, 11) is 0. The van der Waals surface area contributed by atoms with Gasteiger partial charge in [-0.05, 0) is 37.8 Å². The lowest BCUT2D eigenvalue weighted by atomic mass is 9.92. The van der Waals surface area contributed by atoms with Crippen molar-refractivity contribution in [3.8, 4) is 6.07 Å². The van der Waals surface area contributed by atoms with Crippen LogP contribution in [0.25, 0.3) is 0 Å². The van der Waals surface area contributed by atoms with Crippen molar-refractivity contribution in [1.29, 1.82) is 5.26 Å². The molecular weight excluding hydrogens is 269 g/mol. The zero-order valence-electron chi connectivity index (χ0n) is 10.7. The Bertz CT molecular complexity index is 514. The zero-order chi connectivity index (χ0) is 14.8. The molecule has 0 aliphatic heterocycles. The molecule has 1 aliphatic rings. The van der Waals surface area contributed by atoms with Crippen LogP contribution in [0, 0.1) is 11.3 Å². The van der Waals surface area contributed by atoms with E-state index in [2.05, 4.69) is 5.32 Å². The number of aliphatic hydroxyl groups is 1. The van der Waals surface area contributed by atoms with Crippen molar-refractivity contribution in [3.05, 3.63) is 29.3 Å². The molecule has 1 saturated carbocycles. The van der Waals surface area contributed by atoms with Crippen LogP contribution in [0.3, 0.4) is 0 Å². The largest absolute Gasteiger partial charge is 0.417 e. The summed E-state index contributed by atoms with van der Waals surface area (Å²) in [5.74, 6) is 0. The van der Waals surface area contributed by atoms with Crippen molar-refractivity contribution in [3.63, 3.8) is 0 Å². The predicted molar refractivity (Wildman–Crippen MR) is 68.0 cm³/mol. The number of nitriles is 1. The Morgan fingerprint density at radius 1 is 1.20 bits per heavy atom. The molecule has 2 rings (SSSR count). The monoisotopic (exact) mass is 284 g/mol. The maximum absolute atomic E-state index is 12.8. The number of aliphatic hydroxyl groups excluding tert-OH is 1. The summed E-state index contributed by atoms with van der Waals surface area (Å²) in [4.78, 5) is 0. The highest BCUT2D eigenvalue weighted by Gasteiger charge is 2.34. The van der Waals surface area contributed by atoms with E-state index >= 15 is 0 Å². The van der Waals surface area contributed by atoms with Gasteiger partial charge in [0.1, 0.15) is 6.07 Å². The second-order valence-electron chi connectivity index (χ2n) is 4.99. The summed E-state index contributed by atoms with van der Waals surface area (Å²) >= 11 is 0. The molecule has 1 aromatic rings. The number of alkyl halides is 3. The topological polar surface area (TPSA) is 56.0 Å². The summed E-state index contributed by atoms with van der Waals surface area (Å²) in [6.45, 7) is 0. The van der Waals surface area contributed by atoms with E-state index in [9.17, 15) is 18.3 Å². The van der Waals surface area contributed by atoms with E-state index in [1.54, 1.807) is 6.07 Å². The van der Waals surface area contributed by atoms with E-state index < -0.39 is 11.7 Å². The number of hydrogen-bond donors (Lipinski definition) is 2. The molecule has 1 fully saturated rings. The number of benzene rings is 1. The number of nitrogens with one attached hydrogen (secondary N) is 1. The van der Waals surface area contributed by atoms with E-state index in [1.165, 1.54) is 12.1 Å². The van der Waals surface area contributed by atoms with E-state index in [0.29, 0.717) is 25.7 Å². The predicted octanol–water partition coefficient (Wildman–Crippen LogP) is 3.29. The molecule has 6 heteroatoms. The summed E-state index contributed by atoms with van der Waals surface area (Å²) < 4.78 is 38.5. The Balaban J connectivity index is 2.22. The van der Waals surface area contributed by atoms with Crippen LogP contribution in [0.1, 0.15) is 36.8 Å². The summed E-state index contributed by atoms with van der Waals surface area (Å²) in [5, 5.41) is 21.4. The minimum Gasteiger partial charge on any atom is -0.393 e. The highest BCUT2D eigenvalue weighted by molar-refractivity contribution is 5.62. The molecule has 108 valence electrons. The lowest BCUT2D eigenvalue weighted by Crippen LogP contribution is -2.28. The first kappa shape index (κ1) is 14.7.